The predicted molar refractivity (Wildman–Crippen MR) is 66.2 cm³/mol. The molecular formula is C14H14O5. The van der Waals surface area contributed by atoms with Crippen LogP contribution < -0.4 is 9.47 Å². The second-order valence-electron chi connectivity index (χ2n) is 4.79. The Bertz CT molecular complexity index is 553. The molecule has 0 fully saturated rings. The Labute approximate surface area is 110 Å². The molecule has 0 unspecified atom stereocenters. The van der Waals surface area contributed by atoms with Crippen LogP contribution in [0.4, 0.5) is 0 Å². The minimum atomic E-state index is -0.901. The second kappa shape index (κ2) is 4.26. The van der Waals surface area contributed by atoms with Gasteiger partial charge in [-0.05, 0) is 6.92 Å². The lowest BCUT2D eigenvalue weighted by atomic mass is 9.91. The molecule has 0 spiro atoms. The molecule has 5 nitrogen and oxygen atoms in total. The molecule has 2 heterocycles. The van der Waals surface area contributed by atoms with E-state index in [-0.39, 0.29) is 12.2 Å². The summed E-state index contributed by atoms with van der Waals surface area (Å²) >= 11 is 0. The van der Waals surface area contributed by atoms with E-state index < -0.39 is 5.97 Å². The number of rotatable bonds is 3. The standard InChI is InChI=1S/C14H14O5/c1-7(15)12-9-3-5-18-13(9)10(6-11(16)17)8-2-4-19-14(8)12/h2-6H2,1H3,(H,16,17). The fourth-order valence-corrected chi connectivity index (χ4v) is 2.92. The van der Waals surface area contributed by atoms with E-state index in [0.717, 1.165) is 11.1 Å². The second-order valence-corrected chi connectivity index (χ2v) is 4.79. The molecule has 1 N–H and O–H groups in total. The van der Waals surface area contributed by atoms with E-state index in [4.69, 9.17) is 14.6 Å². The van der Waals surface area contributed by atoms with Crippen LogP contribution in [-0.2, 0) is 24.1 Å². The number of ether oxygens (including phenoxy) is 2. The number of benzene rings is 1. The molecule has 1 aromatic carbocycles. The van der Waals surface area contributed by atoms with Crippen LogP contribution in [0.2, 0.25) is 0 Å². The van der Waals surface area contributed by atoms with Crippen molar-refractivity contribution in [1.29, 1.82) is 0 Å². The van der Waals surface area contributed by atoms with Gasteiger partial charge >= 0.3 is 5.97 Å². The Morgan fingerprint density at radius 3 is 2.37 bits per heavy atom. The maximum atomic E-state index is 11.8. The van der Waals surface area contributed by atoms with Crippen molar-refractivity contribution in [2.75, 3.05) is 13.2 Å². The fraction of sp³-hybridized carbons (Fsp3) is 0.429. The number of carbonyl (C=O) groups excluding carboxylic acids is 1. The van der Waals surface area contributed by atoms with Crippen molar-refractivity contribution in [1.82, 2.24) is 0 Å². The summed E-state index contributed by atoms with van der Waals surface area (Å²) in [6.07, 6.45) is 1.18. The van der Waals surface area contributed by atoms with Gasteiger partial charge in [0.2, 0.25) is 0 Å². The van der Waals surface area contributed by atoms with Crippen LogP contribution in [-0.4, -0.2) is 30.1 Å². The van der Waals surface area contributed by atoms with Crippen molar-refractivity contribution in [3.8, 4) is 11.5 Å². The van der Waals surface area contributed by atoms with E-state index in [9.17, 15) is 9.59 Å². The molecule has 1 aromatic rings. The Kier molecular flexibility index (Phi) is 2.69. The summed E-state index contributed by atoms with van der Waals surface area (Å²) in [5.41, 5.74) is 2.89. The highest BCUT2D eigenvalue weighted by atomic mass is 16.5. The predicted octanol–water partition coefficient (Wildman–Crippen LogP) is 1.39. The maximum absolute atomic E-state index is 11.8. The summed E-state index contributed by atoms with van der Waals surface area (Å²) in [5.74, 6) is 0.217. The summed E-state index contributed by atoms with van der Waals surface area (Å²) in [5, 5.41) is 9.04. The lowest BCUT2D eigenvalue weighted by Gasteiger charge is -2.15. The zero-order chi connectivity index (χ0) is 13.6. The third kappa shape index (κ3) is 1.77. The topological polar surface area (TPSA) is 72.8 Å². The Balaban J connectivity index is 2.28. The molecule has 19 heavy (non-hydrogen) atoms. The Morgan fingerprint density at radius 1 is 1.11 bits per heavy atom. The number of carbonyl (C=O) groups is 2. The molecule has 0 radical (unpaired) electrons. The lowest BCUT2D eigenvalue weighted by Crippen LogP contribution is -2.08. The van der Waals surface area contributed by atoms with Crippen molar-refractivity contribution in [2.45, 2.75) is 26.2 Å². The van der Waals surface area contributed by atoms with Gasteiger partial charge in [0.1, 0.15) is 11.5 Å². The van der Waals surface area contributed by atoms with Crippen LogP contribution in [0.25, 0.3) is 0 Å². The highest BCUT2D eigenvalue weighted by molar-refractivity contribution is 6.00. The molecule has 2 aliphatic rings. The molecule has 0 bridgehead atoms. The average molecular weight is 262 g/mol. The van der Waals surface area contributed by atoms with E-state index in [1.165, 1.54) is 6.92 Å². The molecule has 2 aliphatic heterocycles. The first-order valence-corrected chi connectivity index (χ1v) is 6.28. The smallest absolute Gasteiger partial charge is 0.307 e. The molecule has 0 atom stereocenters. The van der Waals surface area contributed by atoms with Crippen molar-refractivity contribution < 1.29 is 24.2 Å². The fourth-order valence-electron chi connectivity index (χ4n) is 2.92. The van der Waals surface area contributed by atoms with Gasteiger partial charge in [-0.2, -0.15) is 0 Å². The largest absolute Gasteiger partial charge is 0.493 e. The van der Waals surface area contributed by atoms with Gasteiger partial charge in [-0.3, -0.25) is 9.59 Å². The molecule has 0 aromatic heterocycles. The number of aliphatic carboxylic acids is 1. The number of fused-ring (bicyclic) bond motifs is 2. The van der Waals surface area contributed by atoms with Crippen molar-refractivity contribution >= 4 is 11.8 Å². The van der Waals surface area contributed by atoms with E-state index in [0.29, 0.717) is 48.7 Å². The quantitative estimate of drug-likeness (QED) is 0.833. The van der Waals surface area contributed by atoms with Crippen molar-refractivity contribution in [3.05, 3.63) is 22.3 Å². The molecule has 5 heteroatoms. The third-order valence-corrected chi connectivity index (χ3v) is 3.59. The van der Waals surface area contributed by atoms with E-state index in [1.807, 2.05) is 0 Å². The third-order valence-electron chi connectivity index (χ3n) is 3.59. The van der Waals surface area contributed by atoms with Gasteiger partial charge in [-0.25, -0.2) is 0 Å². The van der Waals surface area contributed by atoms with Crippen LogP contribution in [0.5, 0.6) is 11.5 Å². The SMILES string of the molecule is CC(=O)c1c2c(c(CC(=O)O)c3c1OCC3)OCC2. The Morgan fingerprint density at radius 2 is 1.74 bits per heavy atom. The van der Waals surface area contributed by atoms with Gasteiger partial charge in [-0.1, -0.05) is 0 Å². The van der Waals surface area contributed by atoms with Gasteiger partial charge in [0, 0.05) is 29.5 Å². The molecule has 0 saturated heterocycles. The number of carboxylic acids is 1. The van der Waals surface area contributed by atoms with Gasteiger partial charge in [0.05, 0.1) is 25.2 Å². The number of hydrogen-bond acceptors (Lipinski definition) is 4. The van der Waals surface area contributed by atoms with Crippen LogP contribution in [0.3, 0.4) is 0 Å². The van der Waals surface area contributed by atoms with Gasteiger partial charge < -0.3 is 14.6 Å². The number of Topliss-reactive ketones (excluding diaryl/α,β-unsaturated/α-hetero) is 1. The van der Waals surface area contributed by atoms with Crippen LogP contribution in [0, 0.1) is 0 Å². The van der Waals surface area contributed by atoms with Crippen molar-refractivity contribution in [3.63, 3.8) is 0 Å². The summed E-state index contributed by atoms with van der Waals surface area (Å²) in [4.78, 5) is 22.9. The maximum Gasteiger partial charge on any atom is 0.307 e. The average Bonchev–Trinajstić information content (AvgIpc) is 2.95. The molecule has 100 valence electrons. The minimum absolute atomic E-state index is 0.0539. The van der Waals surface area contributed by atoms with Crippen LogP contribution in [0.15, 0.2) is 0 Å². The Hall–Kier alpha value is -2.04. The molecular weight excluding hydrogens is 248 g/mol. The van der Waals surface area contributed by atoms with Crippen molar-refractivity contribution in [2.24, 2.45) is 0 Å². The number of carboxylic acid groups (broad SMARTS) is 1. The summed E-state index contributed by atoms with van der Waals surface area (Å²) in [6.45, 7) is 2.49. The zero-order valence-corrected chi connectivity index (χ0v) is 10.6. The minimum Gasteiger partial charge on any atom is -0.493 e. The summed E-state index contributed by atoms with van der Waals surface area (Å²) < 4.78 is 11.1. The summed E-state index contributed by atoms with van der Waals surface area (Å²) in [7, 11) is 0. The molecule has 3 rings (SSSR count). The van der Waals surface area contributed by atoms with Gasteiger partial charge in [0.25, 0.3) is 0 Å². The highest BCUT2D eigenvalue weighted by Gasteiger charge is 2.33. The van der Waals surface area contributed by atoms with Crippen LogP contribution in [0.1, 0.15) is 34.0 Å². The van der Waals surface area contributed by atoms with Crippen LogP contribution >= 0.6 is 0 Å². The molecule has 0 saturated carbocycles. The zero-order valence-electron chi connectivity index (χ0n) is 10.6. The first-order chi connectivity index (χ1) is 9.09. The first kappa shape index (κ1) is 12.0. The van der Waals surface area contributed by atoms with E-state index >= 15 is 0 Å². The highest BCUT2D eigenvalue weighted by Crippen LogP contribution is 2.44. The molecule has 0 aliphatic carbocycles. The summed E-state index contributed by atoms with van der Waals surface area (Å²) in [6, 6.07) is 0. The number of hydrogen-bond donors (Lipinski definition) is 1. The lowest BCUT2D eigenvalue weighted by molar-refractivity contribution is -0.136. The van der Waals surface area contributed by atoms with Gasteiger partial charge in [-0.15, -0.1) is 0 Å². The van der Waals surface area contributed by atoms with E-state index in [1.54, 1.807) is 0 Å². The monoisotopic (exact) mass is 262 g/mol. The normalized spacial score (nSPS) is 15.4. The first-order valence-electron chi connectivity index (χ1n) is 6.28. The molecule has 0 amide bonds. The van der Waals surface area contributed by atoms with Gasteiger partial charge in [0.15, 0.2) is 5.78 Å². The van der Waals surface area contributed by atoms with E-state index in [2.05, 4.69) is 0 Å². The number of ketones is 1.